The van der Waals surface area contributed by atoms with Gasteiger partial charge in [-0.3, -0.25) is 9.78 Å². The molecule has 5 heteroatoms. The molecule has 1 amide bonds. The smallest absolute Gasteiger partial charge is 0.253 e. The molecule has 1 atom stereocenters. The van der Waals surface area contributed by atoms with E-state index >= 15 is 0 Å². The summed E-state index contributed by atoms with van der Waals surface area (Å²) >= 11 is 0. The van der Waals surface area contributed by atoms with Crippen LogP contribution in [0, 0.1) is 0 Å². The number of nitrogens with one attached hydrogen (secondary N) is 2. The number of carbonyl (C=O) groups is 1. The molecule has 1 unspecified atom stereocenters. The molecule has 0 aliphatic carbocycles. The standard InChI is InChI=1S/C16H19N3O2/c1-12(11-20)19-16(21)14-6-2-3-7-15(14)18-10-13-5-4-8-17-9-13/h2-9,12,18,20H,10-11H2,1H3,(H,19,21). The number of hydrogen-bond donors (Lipinski definition) is 3. The molecule has 1 heterocycles. The summed E-state index contributed by atoms with van der Waals surface area (Å²) in [5.41, 5.74) is 2.35. The number of benzene rings is 1. The monoisotopic (exact) mass is 285 g/mol. The van der Waals surface area contributed by atoms with Gasteiger partial charge in [0, 0.05) is 30.7 Å². The first kappa shape index (κ1) is 15.0. The predicted octanol–water partition coefficient (Wildman–Crippen LogP) is 1.80. The molecule has 0 aliphatic rings. The van der Waals surface area contributed by atoms with Gasteiger partial charge in [-0.1, -0.05) is 18.2 Å². The maximum Gasteiger partial charge on any atom is 0.253 e. The Labute approximate surface area is 124 Å². The second-order valence-corrected chi connectivity index (χ2v) is 4.82. The summed E-state index contributed by atoms with van der Waals surface area (Å²) in [5.74, 6) is -0.203. The van der Waals surface area contributed by atoms with Crippen molar-refractivity contribution in [1.82, 2.24) is 10.3 Å². The molecule has 2 aromatic rings. The number of carbonyl (C=O) groups excluding carboxylic acids is 1. The van der Waals surface area contributed by atoms with E-state index in [-0.39, 0.29) is 18.6 Å². The number of hydrogen-bond acceptors (Lipinski definition) is 4. The predicted molar refractivity (Wildman–Crippen MR) is 82.0 cm³/mol. The van der Waals surface area contributed by atoms with Crippen molar-refractivity contribution < 1.29 is 9.90 Å². The average Bonchev–Trinajstić information content (AvgIpc) is 2.54. The minimum atomic E-state index is -0.274. The number of aliphatic hydroxyl groups is 1. The third kappa shape index (κ3) is 4.29. The first-order valence-corrected chi connectivity index (χ1v) is 6.84. The normalized spacial score (nSPS) is 11.7. The van der Waals surface area contributed by atoms with Gasteiger partial charge in [0.25, 0.3) is 5.91 Å². The van der Waals surface area contributed by atoms with Crippen LogP contribution in [0.1, 0.15) is 22.8 Å². The highest BCUT2D eigenvalue weighted by molar-refractivity contribution is 5.99. The minimum Gasteiger partial charge on any atom is -0.394 e. The maximum absolute atomic E-state index is 12.2. The molecule has 0 bridgehead atoms. The molecule has 21 heavy (non-hydrogen) atoms. The summed E-state index contributed by atoms with van der Waals surface area (Å²) in [5, 5.41) is 15.0. The summed E-state index contributed by atoms with van der Waals surface area (Å²) in [6.45, 7) is 2.26. The van der Waals surface area contributed by atoms with E-state index in [0.717, 1.165) is 11.3 Å². The maximum atomic E-state index is 12.2. The van der Waals surface area contributed by atoms with E-state index in [1.807, 2.05) is 30.3 Å². The van der Waals surface area contributed by atoms with Crippen LogP contribution < -0.4 is 10.6 Å². The molecule has 0 radical (unpaired) electrons. The van der Waals surface area contributed by atoms with E-state index < -0.39 is 0 Å². The van der Waals surface area contributed by atoms with Crippen molar-refractivity contribution in [2.45, 2.75) is 19.5 Å². The van der Waals surface area contributed by atoms with E-state index in [9.17, 15) is 4.79 Å². The first-order chi connectivity index (χ1) is 10.2. The third-order valence-electron chi connectivity index (χ3n) is 3.03. The van der Waals surface area contributed by atoms with Crippen molar-refractivity contribution >= 4 is 11.6 Å². The van der Waals surface area contributed by atoms with Gasteiger partial charge in [0.1, 0.15) is 0 Å². The Balaban J connectivity index is 2.08. The summed E-state index contributed by atoms with van der Waals surface area (Å²) in [4.78, 5) is 16.2. The molecule has 110 valence electrons. The largest absolute Gasteiger partial charge is 0.394 e. The summed E-state index contributed by atoms with van der Waals surface area (Å²) in [6, 6.07) is 10.9. The van der Waals surface area contributed by atoms with Gasteiger partial charge in [0.2, 0.25) is 0 Å². The Bertz CT molecular complexity index is 587. The van der Waals surface area contributed by atoms with Gasteiger partial charge in [-0.25, -0.2) is 0 Å². The molecule has 5 nitrogen and oxygen atoms in total. The molecule has 0 fully saturated rings. The molecule has 1 aromatic heterocycles. The number of para-hydroxylation sites is 1. The van der Waals surface area contributed by atoms with Crippen LogP contribution in [-0.4, -0.2) is 28.6 Å². The lowest BCUT2D eigenvalue weighted by Crippen LogP contribution is -2.35. The summed E-state index contributed by atoms with van der Waals surface area (Å²) in [6.07, 6.45) is 3.50. The van der Waals surface area contributed by atoms with Crippen molar-refractivity contribution in [3.8, 4) is 0 Å². The Morgan fingerprint density at radius 1 is 1.29 bits per heavy atom. The molecular weight excluding hydrogens is 266 g/mol. The van der Waals surface area contributed by atoms with Gasteiger partial charge >= 0.3 is 0 Å². The van der Waals surface area contributed by atoms with E-state index in [1.165, 1.54) is 0 Å². The second-order valence-electron chi connectivity index (χ2n) is 4.82. The van der Waals surface area contributed by atoms with Gasteiger partial charge in [-0.05, 0) is 30.7 Å². The van der Waals surface area contributed by atoms with Crippen molar-refractivity contribution in [2.75, 3.05) is 11.9 Å². The van der Waals surface area contributed by atoms with Gasteiger partial charge < -0.3 is 15.7 Å². The highest BCUT2D eigenvalue weighted by Gasteiger charge is 2.12. The average molecular weight is 285 g/mol. The zero-order valence-corrected chi connectivity index (χ0v) is 11.9. The summed E-state index contributed by atoms with van der Waals surface area (Å²) in [7, 11) is 0. The molecule has 3 N–H and O–H groups in total. The fourth-order valence-corrected chi connectivity index (χ4v) is 1.88. The Morgan fingerprint density at radius 3 is 2.81 bits per heavy atom. The number of amides is 1. The number of aliphatic hydroxyl groups excluding tert-OH is 1. The van der Waals surface area contributed by atoms with E-state index in [2.05, 4.69) is 15.6 Å². The number of rotatable bonds is 6. The van der Waals surface area contributed by atoms with Crippen molar-refractivity contribution in [3.05, 3.63) is 59.9 Å². The highest BCUT2D eigenvalue weighted by Crippen LogP contribution is 2.16. The van der Waals surface area contributed by atoms with Gasteiger partial charge in [0.15, 0.2) is 0 Å². The van der Waals surface area contributed by atoms with Gasteiger partial charge in [-0.15, -0.1) is 0 Å². The molecule has 0 saturated heterocycles. The number of anilines is 1. The Hall–Kier alpha value is -2.40. The molecule has 0 spiro atoms. The third-order valence-corrected chi connectivity index (χ3v) is 3.03. The van der Waals surface area contributed by atoms with Crippen LogP contribution in [0.5, 0.6) is 0 Å². The number of pyridine rings is 1. The zero-order valence-electron chi connectivity index (χ0n) is 11.9. The summed E-state index contributed by atoms with van der Waals surface area (Å²) < 4.78 is 0. The highest BCUT2D eigenvalue weighted by atomic mass is 16.3. The van der Waals surface area contributed by atoms with Crippen molar-refractivity contribution in [3.63, 3.8) is 0 Å². The van der Waals surface area contributed by atoms with Crippen LogP contribution in [-0.2, 0) is 6.54 Å². The SMILES string of the molecule is CC(CO)NC(=O)c1ccccc1NCc1cccnc1. The van der Waals surface area contributed by atoms with Crippen LogP contribution in [0.3, 0.4) is 0 Å². The topological polar surface area (TPSA) is 74.2 Å². The van der Waals surface area contributed by atoms with Crippen LogP contribution >= 0.6 is 0 Å². The van der Waals surface area contributed by atoms with Crippen LogP contribution in [0.2, 0.25) is 0 Å². The quantitative estimate of drug-likeness (QED) is 0.756. The minimum absolute atomic E-state index is 0.0863. The molecule has 2 rings (SSSR count). The lowest BCUT2D eigenvalue weighted by atomic mass is 10.1. The fourth-order valence-electron chi connectivity index (χ4n) is 1.88. The Kier molecular flexibility index (Phi) is 5.29. The van der Waals surface area contributed by atoms with Gasteiger partial charge in [0.05, 0.1) is 12.2 Å². The zero-order chi connectivity index (χ0) is 15.1. The lowest BCUT2D eigenvalue weighted by molar-refractivity contribution is 0.0923. The second kappa shape index (κ2) is 7.40. The lowest BCUT2D eigenvalue weighted by Gasteiger charge is -2.14. The number of aromatic nitrogens is 1. The number of nitrogens with zero attached hydrogens (tertiary/aromatic N) is 1. The Morgan fingerprint density at radius 2 is 2.10 bits per heavy atom. The molecule has 0 aliphatic heterocycles. The van der Waals surface area contributed by atoms with E-state index in [4.69, 9.17) is 5.11 Å². The van der Waals surface area contributed by atoms with Crippen LogP contribution in [0.25, 0.3) is 0 Å². The van der Waals surface area contributed by atoms with Crippen LogP contribution in [0.15, 0.2) is 48.8 Å². The van der Waals surface area contributed by atoms with E-state index in [1.54, 1.807) is 25.4 Å². The van der Waals surface area contributed by atoms with E-state index in [0.29, 0.717) is 12.1 Å². The van der Waals surface area contributed by atoms with Crippen molar-refractivity contribution in [1.29, 1.82) is 0 Å². The van der Waals surface area contributed by atoms with Gasteiger partial charge in [-0.2, -0.15) is 0 Å². The fraction of sp³-hybridized carbons (Fsp3) is 0.250. The molecular formula is C16H19N3O2. The van der Waals surface area contributed by atoms with Crippen LogP contribution in [0.4, 0.5) is 5.69 Å². The molecule has 1 aromatic carbocycles. The molecule has 0 saturated carbocycles. The first-order valence-electron chi connectivity index (χ1n) is 6.84. The van der Waals surface area contributed by atoms with Crippen molar-refractivity contribution in [2.24, 2.45) is 0 Å².